The highest BCUT2D eigenvalue weighted by atomic mass is 16.5. The van der Waals surface area contributed by atoms with Crippen LogP contribution in [0.15, 0.2) is 0 Å². The third-order valence-corrected chi connectivity index (χ3v) is 6.82. The average Bonchev–Trinajstić information content (AvgIpc) is 2.90. The van der Waals surface area contributed by atoms with Crippen LogP contribution in [0.4, 0.5) is 0 Å². The molecule has 0 unspecified atom stereocenters. The van der Waals surface area contributed by atoms with Crippen molar-refractivity contribution in [3.63, 3.8) is 0 Å². The van der Waals surface area contributed by atoms with Crippen LogP contribution < -0.4 is 0 Å². The largest absolute Gasteiger partial charge is 0.466 e. The van der Waals surface area contributed by atoms with Gasteiger partial charge >= 0.3 is 5.97 Å². The Morgan fingerprint density at radius 1 is 0.378 bits per heavy atom. The minimum absolute atomic E-state index is 0.100. The summed E-state index contributed by atoms with van der Waals surface area (Å²) in [5, 5.41) is 0. The Labute approximate surface area is 231 Å². The fraction of sp³-hybridized carbons (Fsp3) is 0.969. The van der Waals surface area contributed by atoms with Crippen LogP contribution in [-0.2, 0) is 23.7 Å². The van der Waals surface area contributed by atoms with Gasteiger partial charge in [-0.2, -0.15) is 0 Å². The van der Waals surface area contributed by atoms with Gasteiger partial charge in [-0.25, -0.2) is 0 Å². The average molecular weight is 529 g/mol. The van der Waals surface area contributed by atoms with Crippen LogP contribution in [0.1, 0.15) is 155 Å². The lowest BCUT2D eigenvalue weighted by Crippen LogP contribution is -2.11. The van der Waals surface area contributed by atoms with Gasteiger partial charge in [0.15, 0.2) is 0 Å². The van der Waals surface area contributed by atoms with Crippen molar-refractivity contribution in [3.8, 4) is 0 Å². The summed E-state index contributed by atoms with van der Waals surface area (Å²) in [6.45, 7) is 8.91. The standard InChI is InChI=1S/C32H64O5/c1-3-5-7-9-11-13-14-15-16-18-20-22-27-37-32(33)24-23-26-35-29-31-36-30-28-34-25-21-19-17-12-10-8-6-4-2/h3-31H2,1-2H3. The molecule has 0 radical (unpaired) electrons. The van der Waals surface area contributed by atoms with Crippen molar-refractivity contribution in [2.45, 2.75) is 155 Å². The molecule has 0 aliphatic heterocycles. The van der Waals surface area contributed by atoms with Gasteiger partial charge in [-0.1, -0.05) is 129 Å². The lowest BCUT2D eigenvalue weighted by atomic mass is 10.1. The van der Waals surface area contributed by atoms with Gasteiger partial charge in [-0.05, 0) is 19.3 Å². The molecule has 0 aromatic rings. The normalized spacial score (nSPS) is 11.3. The second-order valence-electron chi connectivity index (χ2n) is 10.5. The molecule has 0 N–H and O–H groups in total. The van der Waals surface area contributed by atoms with E-state index in [4.69, 9.17) is 18.9 Å². The molecule has 0 saturated carbocycles. The number of hydrogen-bond donors (Lipinski definition) is 0. The van der Waals surface area contributed by atoms with E-state index in [1.165, 1.54) is 109 Å². The first-order valence-corrected chi connectivity index (χ1v) is 16.2. The Hall–Kier alpha value is -0.650. The zero-order valence-electron chi connectivity index (χ0n) is 25.0. The van der Waals surface area contributed by atoms with Crippen molar-refractivity contribution in [2.75, 3.05) is 46.2 Å². The van der Waals surface area contributed by atoms with Crippen molar-refractivity contribution in [1.29, 1.82) is 0 Å². The van der Waals surface area contributed by atoms with E-state index < -0.39 is 0 Å². The maximum absolute atomic E-state index is 11.8. The van der Waals surface area contributed by atoms with E-state index in [1.54, 1.807) is 0 Å². The van der Waals surface area contributed by atoms with Crippen LogP contribution in [0.25, 0.3) is 0 Å². The number of carbonyl (C=O) groups is 1. The van der Waals surface area contributed by atoms with Crippen LogP contribution >= 0.6 is 0 Å². The predicted molar refractivity (Wildman–Crippen MR) is 156 cm³/mol. The third-order valence-electron chi connectivity index (χ3n) is 6.82. The predicted octanol–water partition coefficient (Wildman–Crippen LogP) is 9.20. The molecule has 5 nitrogen and oxygen atoms in total. The maximum Gasteiger partial charge on any atom is 0.305 e. The van der Waals surface area contributed by atoms with Crippen molar-refractivity contribution >= 4 is 5.97 Å². The Morgan fingerprint density at radius 3 is 1.14 bits per heavy atom. The first kappa shape index (κ1) is 36.4. The maximum atomic E-state index is 11.8. The van der Waals surface area contributed by atoms with E-state index in [2.05, 4.69) is 13.8 Å². The minimum atomic E-state index is -0.100. The number of carbonyl (C=O) groups excluding carboxylic acids is 1. The van der Waals surface area contributed by atoms with Gasteiger partial charge < -0.3 is 18.9 Å². The quantitative estimate of drug-likeness (QED) is 0.0643. The summed E-state index contributed by atoms with van der Waals surface area (Å²) in [5.41, 5.74) is 0. The molecule has 5 heteroatoms. The van der Waals surface area contributed by atoms with Crippen LogP contribution in [0.2, 0.25) is 0 Å². The molecule has 0 aliphatic carbocycles. The zero-order chi connectivity index (χ0) is 26.9. The van der Waals surface area contributed by atoms with Gasteiger partial charge in [0.2, 0.25) is 0 Å². The van der Waals surface area contributed by atoms with E-state index in [1.807, 2.05) is 0 Å². The van der Waals surface area contributed by atoms with Gasteiger partial charge in [0.1, 0.15) is 0 Å². The number of hydrogen-bond acceptors (Lipinski definition) is 5. The molecule has 0 amide bonds. The SMILES string of the molecule is CCCCCCCCCCCCCCOC(=O)CCCOCCOCCOCCCCCCCCCC. The summed E-state index contributed by atoms with van der Waals surface area (Å²) in [5.74, 6) is -0.100. The molecule has 0 atom stereocenters. The summed E-state index contributed by atoms with van der Waals surface area (Å²) in [6, 6.07) is 0. The number of rotatable bonds is 32. The van der Waals surface area contributed by atoms with E-state index in [0.717, 1.165) is 25.9 Å². The third kappa shape index (κ3) is 33.3. The topological polar surface area (TPSA) is 54.0 Å². The molecule has 0 rings (SSSR count). The molecular weight excluding hydrogens is 464 g/mol. The molecule has 222 valence electrons. The zero-order valence-corrected chi connectivity index (χ0v) is 25.0. The molecule has 0 spiro atoms. The molecule has 0 aliphatic rings. The molecule has 0 fully saturated rings. The number of unbranched alkanes of at least 4 members (excludes halogenated alkanes) is 18. The Bertz CT molecular complexity index is 429. The van der Waals surface area contributed by atoms with Gasteiger partial charge in [0.25, 0.3) is 0 Å². The monoisotopic (exact) mass is 528 g/mol. The van der Waals surface area contributed by atoms with Crippen molar-refractivity contribution in [1.82, 2.24) is 0 Å². The Balaban J connectivity index is 3.13. The van der Waals surface area contributed by atoms with Gasteiger partial charge in [0.05, 0.1) is 33.0 Å². The van der Waals surface area contributed by atoms with Gasteiger partial charge in [-0.15, -0.1) is 0 Å². The highest BCUT2D eigenvalue weighted by Gasteiger charge is 2.03. The highest BCUT2D eigenvalue weighted by molar-refractivity contribution is 5.69. The molecule has 0 heterocycles. The molecule has 0 bridgehead atoms. The van der Waals surface area contributed by atoms with Crippen molar-refractivity contribution in [3.05, 3.63) is 0 Å². The lowest BCUT2D eigenvalue weighted by Gasteiger charge is -2.07. The number of esters is 1. The molecule has 0 aromatic carbocycles. The molecule has 37 heavy (non-hydrogen) atoms. The fourth-order valence-corrected chi connectivity index (χ4v) is 4.40. The first-order valence-electron chi connectivity index (χ1n) is 16.2. The van der Waals surface area contributed by atoms with Crippen molar-refractivity contribution < 1.29 is 23.7 Å². The number of ether oxygens (including phenoxy) is 4. The van der Waals surface area contributed by atoms with E-state index in [9.17, 15) is 4.79 Å². The van der Waals surface area contributed by atoms with Gasteiger partial charge in [0, 0.05) is 19.6 Å². The Kier molecular flexibility index (Phi) is 32.8. The highest BCUT2D eigenvalue weighted by Crippen LogP contribution is 2.12. The summed E-state index contributed by atoms with van der Waals surface area (Å²) in [7, 11) is 0. The summed E-state index contributed by atoms with van der Waals surface area (Å²) >= 11 is 0. The molecule has 0 saturated heterocycles. The summed E-state index contributed by atoms with van der Waals surface area (Å²) < 4.78 is 22.0. The molecule has 0 aromatic heterocycles. The summed E-state index contributed by atoms with van der Waals surface area (Å²) in [4.78, 5) is 11.8. The van der Waals surface area contributed by atoms with E-state index >= 15 is 0 Å². The second kappa shape index (κ2) is 33.4. The fourth-order valence-electron chi connectivity index (χ4n) is 4.40. The first-order chi connectivity index (χ1) is 18.3. The summed E-state index contributed by atoms with van der Waals surface area (Å²) in [6.07, 6.45) is 27.5. The Morgan fingerprint density at radius 2 is 0.703 bits per heavy atom. The van der Waals surface area contributed by atoms with Crippen molar-refractivity contribution in [2.24, 2.45) is 0 Å². The van der Waals surface area contributed by atoms with Crippen LogP contribution in [-0.4, -0.2) is 52.2 Å². The minimum Gasteiger partial charge on any atom is -0.466 e. The van der Waals surface area contributed by atoms with Crippen LogP contribution in [0.3, 0.4) is 0 Å². The van der Waals surface area contributed by atoms with E-state index in [0.29, 0.717) is 52.5 Å². The van der Waals surface area contributed by atoms with Crippen LogP contribution in [0.5, 0.6) is 0 Å². The van der Waals surface area contributed by atoms with E-state index in [-0.39, 0.29) is 5.97 Å². The second-order valence-corrected chi connectivity index (χ2v) is 10.5. The van der Waals surface area contributed by atoms with Gasteiger partial charge in [-0.3, -0.25) is 4.79 Å². The van der Waals surface area contributed by atoms with Crippen LogP contribution in [0, 0.1) is 0 Å². The lowest BCUT2D eigenvalue weighted by molar-refractivity contribution is -0.144. The molecular formula is C32H64O5. The smallest absolute Gasteiger partial charge is 0.305 e.